The molecule has 0 bridgehead atoms. The number of hydrogen-bond donors (Lipinski definition) is 1. The zero-order valence-corrected chi connectivity index (χ0v) is 12.7. The number of hydrogen-bond acceptors (Lipinski definition) is 4. The molecule has 0 saturated heterocycles. The highest BCUT2D eigenvalue weighted by atomic mass is 16.5. The van der Waals surface area contributed by atoms with Crippen molar-refractivity contribution in [2.75, 3.05) is 26.5 Å². The van der Waals surface area contributed by atoms with Crippen molar-refractivity contribution in [2.24, 2.45) is 0 Å². The molecule has 1 fully saturated rings. The van der Waals surface area contributed by atoms with E-state index in [2.05, 4.69) is 10.3 Å². The molecule has 1 aromatic heterocycles. The summed E-state index contributed by atoms with van der Waals surface area (Å²) in [5.41, 5.74) is 0.177. The Balaban J connectivity index is 2.01. The maximum Gasteiger partial charge on any atom is 0.253 e. The topological polar surface area (TPSA) is 71.5 Å². The number of anilines is 1. The maximum absolute atomic E-state index is 12.1. The van der Waals surface area contributed by atoms with Crippen molar-refractivity contribution in [3.8, 4) is 0 Å². The van der Waals surface area contributed by atoms with Crippen LogP contribution < -0.4 is 5.32 Å². The fourth-order valence-electron chi connectivity index (χ4n) is 2.39. The van der Waals surface area contributed by atoms with Crippen LogP contribution in [0.3, 0.4) is 0 Å². The van der Waals surface area contributed by atoms with Crippen molar-refractivity contribution in [3.63, 3.8) is 0 Å². The zero-order valence-electron chi connectivity index (χ0n) is 12.7. The Morgan fingerprint density at radius 2 is 2.14 bits per heavy atom. The second-order valence-electron chi connectivity index (χ2n) is 5.59. The predicted molar refractivity (Wildman–Crippen MR) is 79.1 cm³/mol. The van der Waals surface area contributed by atoms with E-state index in [0.717, 1.165) is 19.3 Å². The number of pyridine rings is 1. The SMILES string of the molecule is COC1(CC(=O)Nc2cc(C(=O)N(C)C)ccn2)CCC1. The molecule has 2 rings (SSSR count). The summed E-state index contributed by atoms with van der Waals surface area (Å²) in [6, 6.07) is 3.21. The van der Waals surface area contributed by atoms with Gasteiger partial charge in [-0.2, -0.15) is 0 Å². The Bertz CT molecular complexity index is 533. The summed E-state index contributed by atoms with van der Waals surface area (Å²) in [6.07, 6.45) is 4.73. The van der Waals surface area contributed by atoms with E-state index in [-0.39, 0.29) is 17.4 Å². The van der Waals surface area contributed by atoms with E-state index >= 15 is 0 Å². The van der Waals surface area contributed by atoms with Gasteiger partial charge in [-0.25, -0.2) is 4.98 Å². The van der Waals surface area contributed by atoms with Crippen LogP contribution in [0.15, 0.2) is 18.3 Å². The summed E-state index contributed by atoms with van der Waals surface area (Å²) in [4.78, 5) is 29.5. The lowest BCUT2D eigenvalue weighted by Crippen LogP contribution is -2.42. The first kappa shape index (κ1) is 15.4. The van der Waals surface area contributed by atoms with E-state index in [1.54, 1.807) is 33.3 Å². The molecular formula is C15H21N3O3. The van der Waals surface area contributed by atoms with Gasteiger partial charge in [0.15, 0.2) is 0 Å². The number of methoxy groups -OCH3 is 1. The third kappa shape index (κ3) is 3.58. The smallest absolute Gasteiger partial charge is 0.253 e. The van der Waals surface area contributed by atoms with Crippen molar-refractivity contribution in [2.45, 2.75) is 31.3 Å². The van der Waals surface area contributed by atoms with Crippen molar-refractivity contribution in [3.05, 3.63) is 23.9 Å². The lowest BCUT2D eigenvalue weighted by molar-refractivity contribution is -0.129. The Hall–Kier alpha value is -1.95. The molecule has 0 aliphatic heterocycles. The minimum atomic E-state index is -0.318. The van der Waals surface area contributed by atoms with Gasteiger partial charge in [0.2, 0.25) is 5.91 Å². The number of ether oxygens (including phenoxy) is 1. The van der Waals surface area contributed by atoms with Crippen molar-refractivity contribution in [1.29, 1.82) is 0 Å². The molecule has 1 N–H and O–H groups in total. The number of aromatic nitrogens is 1. The van der Waals surface area contributed by atoms with Crippen LogP contribution >= 0.6 is 0 Å². The second kappa shape index (κ2) is 6.22. The molecule has 6 heteroatoms. The lowest BCUT2D eigenvalue weighted by Gasteiger charge is -2.39. The van der Waals surface area contributed by atoms with Crippen LogP contribution in [-0.2, 0) is 9.53 Å². The van der Waals surface area contributed by atoms with E-state index in [1.165, 1.54) is 11.1 Å². The van der Waals surface area contributed by atoms with Gasteiger partial charge in [0.25, 0.3) is 5.91 Å². The maximum atomic E-state index is 12.1. The number of carbonyl (C=O) groups is 2. The van der Waals surface area contributed by atoms with Crippen LogP contribution in [-0.4, -0.2) is 48.5 Å². The van der Waals surface area contributed by atoms with Gasteiger partial charge in [0.1, 0.15) is 5.82 Å². The summed E-state index contributed by atoms with van der Waals surface area (Å²) in [5, 5.41) is 2.73. The molecule has 6 nitrogen and oxygen atoms in total. The highest BCUT2D eigenvalue weighted by molar-refractivity contribution is 5.96. The summed E-state index contributed by atoms with van der Waals surface area (Å²) in [6.45, 7) is 0. The molecule has 1 saturated carbocycles. The molecule has 1 aliphatic rings. The zero-order chi connectivity index (χ0) is 15.5. The molecule has 0 spiro atoms. The Morgan fingerprint density at radius 1 is 1.43 bits per heavy atom. The van der Waals surface area contributed by atoms with Gasteiger partial charge >= 0.3 is 0 Å². The Morgan fingerprint density at radius 3 is 2.67 bits per heavy atom. The number of nitrogens with one attached hydrogen (secondary N) is 1. The third-order valence-corrected chi connectivity index (χ3v) is 3.86. The minimum Gasteiger partial charge on any atom is -0.378 e. The molecule has 2 amide bonds. The summed E-state index contributed by atoms with van der Waals surface area (Å²) >= 11 is 0. The third-order valence-electron chi connectivity index (χ3n) is 3.86. The number of nitrogens with zero attached hydrogens (tertiary/aromatic N) is 2. The molecule has 0 atom stereocenters. The number of rotatable bonds is 5. The first-order chi connectivity index (χ1) is 9.96. The first-order valence-electron chi connectivity index (χ1n) is 6.98. The number of amides is 2. The second-order valence-corrected chi connectivity index (χ2v) is 5.59. The predicted octanol–water partition coefficient (Wildman–Crippen LogP) is 1.68. The average molecular weight is 291 g/mol. The van der Waals surface area contributed by atoms with Crippen molar-refractivity contribution >= 4 is 17.6 Å². The van der Waals surface area contributed by atoms with Gasteiger partial charge in [-0.1, -0.05) is 0 Å². The highest BCUT2D eigenvalue weighted by Gasteiger charge is 2.39. The summed E-state index contributed by atoms with van der Waals surface area (Å²) in [7, 11) is 5.00. The Labute approximate surface area is 124 Å². The first-order valence-corrected chi connectivity index (χ1v) is 6.98. The summed E-state index contributed by atoms with van der Waals surface area (Å²) in [5.74, 6) is 0.122. The van der Waals surface area contributed by atoms with Gasteiger partial charge in [-0.3, -0.25) is 9.59 Å². The fraction of sp³-hybridized carbons (Fsp3) is 0.533. The molecule has 1 aromatic rings. The van der Waals surface area contributed by atoms with E-state index in [9.17, 15) is 9.59 Å². The van der Waals surface area contributed by atoms with Gasteiger partial charge in [-0.05, 0) is 31.4 Å². The molecule has 114 valence electrons. The fourth-order valence-corrected chi connectivity index (χ4v) is 2.39. The molecule has 21 heavy (non-hydrogen) atoms. The van der Waals surface area contributed by atoms with Crippen molar-refractivity contribution in [1.82, 2.24) is 9.88 Å². The molecule has 1 aliphatic carbocycles. The van der Waals surface area contributed by atoms with Gasteiger partial charge in [0.05, 0.1) is 12.0 Å². The molecule has 0 radical (unpaired) electrons. The van der Waals surface area contributed by atoms with Gasteiger partial charge < -0.3 is 15.0 Å². The quantitative estimate of drug-likeness (QED) is 0.896. The van der Waals surface area contributed by atoms with E-state index in [0.29, 0.717) is 17.8 Å². The molecule has 1 heterocycles. The highest BCUT2D eigenvalue weighted by Crippen LogP contribution is 2.38. The van der Waals surface area contributed by atoms with E-state index in [4.69, 9.17) is 4.74 Å². The number of carbonyl (C=O) groups excluding carboxylic acids is 2. The van der Waals surface area contributed by atoms with Crippen LogP contribution in [0, 0.1) is 0 Å². The van der Waals surface area contributed by atoms with E-state index in [1.807, 2.05) is 0 Å². The van der Waals surface area contributed by atoms with Gasteiger partial charge in [-0.15, -0.1) is 0 Å². The minimum absolute atomic E-state index is 0.125. The van der Waals surface area contributed by atoms with E-state index < -0.39 is 0 Å². The summed E-state index contributed by atoms with van der Waals surface area (Å²) < 4.78 is 5.43. The Kier molecular flexibility index (Phi) is 4.57. The van der Waals surface area contributed by atoms with Crippen LogP contribution in [0.4, 0.5) is 5.82 Å². The largest absolute Gasteiger partial charge is 0.378 e. The lowest BCUT2D eigenvalue weighted by atomic mass is 9.77. The van der Waals surface area contributed by atoms with Crippen LogP contribution in [0.2, 0.25) is 0 Å². The van der Waals surface area contributed by atoms with Gasteiger partial charge in [0, 0.05) is 33.0 Å². The molecule has 0 unspecified atom stereocenters. The monoisotopic (exact) mass is 291 g/mol. The normalized spacial score (nSPS) is 16.0. The molecule has 0 aromatic carbocycles. The van der Waals surface area contributed by atoms with Crippen LogP contribution in [0.1, 0.15) is 36.0 Å². The van der Waals surface area contributed by atoms with Crippen LogP contribution in [0.5, 0.6) is 0 Å². The molecular weight excluding hydrogens is 270 g/mol. The standard InChI is InChI=1S/C15H21N3O3/c1-18(2)14(20)11-5-8-16-12(9-11)17-13(19)10-15(21-3)6-4-7-15/h5,8-9H,4,6-7,10H2,1-3H3,(H,16,17,19). The van der Waals surface area contributed by atoms with Crippen molar-refractivity contribution < 1.29 is 14.3 Å². The van der Waals surface area contributed by atoms with Crippen LogP contribution in [0.25, 0.3) is 0 Å². The average Bonchev–Trinajstić information content (AvgIpc) is 2.42.